The van der Waals surface area contributed by atoms with Crippen LogP contribution < -0.4 is 10.1 Å². The second kappa shape index (κ2) is 6.98. The summed E-state index contributed by atoms with van der Waals surface area (Å²) in [6.07, 6.45) is 1.21. The molecule has 5 nitrogen and oxygen atoms in total. The van der Waals surface area contributed by atoms with Gasteiger partial charge in [0.15, 0.2) is 0 Å². The predicted octanol–water partition coefficient (Wildman–Crippen LogP) is 2.33. The minimum absolute atomic E-state index is 0.00853. The van der Waals surface area contributed by atoms with Crippen molar-refractivity contribution >= 4 is 11.5 Å². The molecule has 0 fully saturated rings. The van der Waals surface area contributed by atoms with Gasteiger partial charge in [0.2, 0.25) is 0 Å². The molecular weight excluding hydrogens is 286 g/mol. The van der Waals surface area contributed by atoms with Crippen LogP contribution in [0.1, 0.15) is 20.8 Å². The van der Waals surface area contributed by atoms with Crippen molar-refractivity contribution in [3.63, 3.8) is 0 Å². The number of benzene rings is 1. The van der Waals surface area contributed by atoms with E-state index in [0.717, 1.165) is 16.2 Å². The molecule has 0 spiro atoms. The van der Waals surface area contributed by atoms with E-state index >= 15 is 0 Å². The Morgan fingerprint density at radius 3 is 2.57 bits per heavy atom. The Morgan fingerprint density at radius 1 is 1.29 bits per heavy atom. The maximum Gasteiger partial charge on any atom is 0.119 e. The molecule has 1 atom stereocenters. The van der Waals surface area contributed by atoms with Gasteiger partial charge in [-0.25, -0.2) is 0 Å². The molecule has 2 rings (SSSR count). The average molecular weight is 307 g/mol. The smallest absolute Gasteiger partial charge is 0.119 e. The van der Waals surface area contributed by atoms with E-state index in [-0.39, 0.29) is 12.1 Å². The van der Waals surface area contributed by atoms with Crippen molar-refractivity contribution in [2.45, 2.75) is 32.4 Å². The molecule has 2 N–H and O–H groups in total. The largest absolute Gasteiger partial charge is 0.491 e. The summed E-state index contributed by atoms with van der Waals surface area (Å²) in [5, 5.41) is 16.9. The fraction of sp³-hybridized carbons (Fsp3) is 0.467. The van der Waals surface area contributed by atoms with Crippen molar-refractivity contribution in [2.24, 2.45) is 0 Å². The number of aliphatic hydroxyl groups excluding tert-OH is 1. The lowest BCUT2D eigenvalue weighted by atomic mass is 10.1. The van der Waals surface area contributed by atoms with E-state index in [1.165, 1.54) is 11.5 Å². The van der Waals surface area contributed by atoms with Crippen molar-refractivity contribution in [2.75, 3.05) is 13.2 Å². The number of aliphatic hydroxyl groups is 1. The molecule has 0 aliphatic carbocycles. The Labute approximate surface area is 129 Å². The van der Waals surface area contributed by atoms with Crippen molar-refractivity contribution < 1.29 is 9.84 Å². The van der Waals surface area contributed by atoms with Crippen LogP contribution in [0.15, 0.2) is 30.5 Å². The second-order valence-electron chi connectivity index (χ2n) is 5.90. The molecular formula is C15H21N3O2S. The topological polar surface area (TPSA) is 67.3 Å². The number of aromatic nitrogens is 2. The molecule has 0 bridgehead atoms. The minimum atomic E-state index is -0.533. The highest BCUT2D eigenvalue weighted by Gasteiger charge is 2.12. The van der Waals surface area contributed by atoms with Gasteiger partial charge in [-0.1, -0.05) is 4.49 Å². The second-order valence-corrected chi connectivity index (χ2v) is 6.69. The van der Waals surface area contributed by atoms with Gasteiger partial charge in [0.25, 0.3) is 0 Å². The molecule has 1 aromatic carbocycles. The first-order valence-corrected chi connectivity index (χ1v) is 7.65. The number of hydrogen-bond acceptors (Lipinski definition) is 6. The first kappa shape index (κ1) is 15.9. The molecule has 0 amide bonds. The van der Waals surface area contributed by atoms with E-state index in [9.17, 15) is 5.11 Å². The van der Waals surface area contributed by atoms with Gasteiger partial charge in [0, 0.05) is 12.1 Å². The van der Waals surface area contributed by atoms with Crippen molar-refractivity contribution in [1.82, 2.24) is 14.9 Å². The molecule has 1 aromatic heterocycles. The molecule has 0 aliphatic rings. The van der Waals surface area contributed by atoms with Crippen LogP contribution in [-0.4, -0.2) is 39.5 Å². The van der Waals surface area contributed by atoms with Gasteiger partial charge < -0.3 is 15.2 Å². The lowest BCUT2D eigenvalue weighted by Gasteiger charge is -2.22. The van der Waals surface area contributed by atoms with Crippen LogP contribution in [-0.2, 0) is 0 Å². The van der Waals surface area contributed by atoms with Gasteiger partial charge in [-0.3, -0.25) is 0 Å². The van der Waals surface area contributed by atoms with Crippen LogP contribution >= 0.6 is 11.5 Å². The molecule has 0 aliphatic heterocycles. The van der Waals surface area contributed by atoms with Gasteiger partial charge in [0.1, 0.15) is 18.5 Å². The predicted molar refractivity (Wildman–Crippen MR) is 84.6 cm³/mol. The number of rotatable bonds is 6. The minimum Gasteiger partial charge on any atom is -0.491 e. The summed E-state index contributed by atoms with van der Waals surface area (Å²) >= 11 is 1.36. The van der Waals surface area contributed by atoms with Gasteiger partial charge in [-0.2, -0.15) is 0 Å². The van der Waals surface area contributed by atoms with Crippen molar-refractivity contribution in [1.29, 1.82) is 0 Å². The molecule has 114 valence electrons. The Morgan fingerprint density at radius 2 is 2.00 bits per heavy atom. The Kier molecular flexibility index (Phi) is 5.27. The zero-order valence-corrected chi connectivity index (χ0v) is 13.4. The van der Waals surface area contributed by atoms with Gasteiger partial charge in [-0.15, -0.1) is 5.10 Å². The molecule has 1 unspecified atom stereocenters. The number of hydrogen-bond donors (Lipinski definition) is 2. The number of ether oxygens (including phenoxy) is 1. The lowest BCUT2D eigenvalue weighted by molar-refractivity contribution is 0.100. The van der Waals surface area contributed by atoms with Crippen molar-refractivity contribution in [3.05, 3.63) is 30.5 Å². The molecule has 6 heteroatoms. The quantitative estimate of drug-likeness (QED) is 0.857. The standard InChI is InChI=1S/C15H21N3O2S/c1-15(2,3)16-8-12(19)10-20-13-6-4-11(5-7-13)14-9-17-18-21-14/h4-7,9,12,16,19H,8,10H2,1-3H3. The molecule has 0 saturated heterocycles. The third-order valence-corrected chi connectivity index (χ3v) is 3.52. The Bertz CT molecular complexity index is 535. The summed E-state index contributed by atoms with van der Waals surface area (Å²) in [5.41, 5.74) is 1.05. The zero-order chi connectivity index (χ0) is 15.3. The third-order valence-electron chi connectivity index (χ3n) is 2.81. The molecule has 2 aromatic rings. The van der Waals surface area contributed by atoms with E-state index in [1.807, 2.05) is 24.3 Å². The lowest BCUT2D eigenvalue weighted by Crippen LogP contribution is -2.42. The fourth-order valence-corrected chi connectivity index (χ4v) is 2.20. The maximum atomic E-state index is 9.88. The van der Waals surface area contributed by atoms with Crippen LogP contribution in [0.2, 0.25) is 0 Å². The highest BCUT2D eigenvalue weighted by Crippen LogP contribution is 2.24. The van der Waals surface area contributed by atoms with Crippen LogP contribution in [0, 0.1) is 0 Å². The molecule has 21 heavy (non-hydrogen) atoms. The number of nitrogens with zero attached hydrogens (tertiary/aromatic N) is 2. The van der Waals surface area contributed by atoms with E-state index in [1.54, 1.807) is 6.20 Å². The number of β-amino-alcohol motifs (C(OH)–C–C–N with tert-alkyl or cyclic N) is 1. The van der Waals surface area contributed by atoms with Gasteiger partial charge in [0.05, 0.1) is 11.1 Å². The van der Waals surface area contributed by atoms with E-state index in [2.05, 4.69) is 35.7 Å². The summed E-state index contributed by atoms with van der Waals surface area (Å²) < 4.78 is 9.43. The fourth-order valence-electron chi connectivity index (χ4n) is 1.69. The van der Waals surface area contributed by atoms with Crippen LogP contribution in [0.25, 0.3) is 10.4 Å². The summed E-state index contributed by atoms with van der Waals surface area (Å²) in [4.78, 5) is 1.02. The third kappa shape index (κ3) is 5.41. The number of nitrogens with one attached hydrogen (secondary N) is 1. The Hall–Kier alpha value is -1.50. The normalized spacial score (nSPS) is 13.1. The summed E-state index contributed by atoms with van der Waals surface area (Å²) in [7, 11) is 0. The zero-order valence-electron chi connectivity index (χ0n) is 12.5. The monoisotopic (exact) mass is 307 g/mol. The highest BCUT2D eigenvalue weighted by molar-refractivity contribution is 7.09. The van der Waals surface area contributed by atoms with E-state index in [4.69, 9.17) is 4.74 Å². The molecule has 0 radical (unpaired) electrons. The molecule has 1 heterocycles. The van der Waals surface area contributed by atoms with Crippen LogP contribution in [0.4, 0.5) is 0 Å². The van der Waals surface area contributed by atoms with E-state index < -0.39 is 6.10 Å². The van der Waals surface area contributed by atoms with Crippen molar-refractivity contribution in [3.8, 4) is 16.2 Å². The maximum absolute atomic E-state index is 9.88. The first-order chi connectivity index (χ1) is 9.94. The van der Waals surface area contributed by atoms with Gasteiger partial charge >= 0.3 is 0 Å². The molecule has 0 saturated carbocycles. The first-order valence-electron chi connectivity index (χ1n) is 6.88. The SMILES string of the molecule is CC(C)(C)NCC(O)COc1ccc(-c2cnns2)cc1. The summed E-state index contributed by atoms with van der Waals surface area (Å²) in [6, 6.07) is 7.70. The highest BCUT2D eigenvalue weighted by atomic mass is 32.1. The summed E-state index contributed by atoms with van der Waals surface area (Å²) in [5.74, 6) is 0.742. The summed E-state index contributed by atoms with van der Waals surface area (Å²) in [6.45, 7) is 6.97. The van der Waals surface area contributed by atoms with Crippen LogP contribution in [0.3, 0.4) is 0 Å². The van der Waals surface area contributed by atoms with E-state index in [0.29, 0.717) is 6.54 Å². The Balaban J connectivity index is 1.81. The van der Waals surface area contributed by atoms with Crippen LogP contribution in [0.5, 0.6) is 5.75 Å². The van der Waals surface area contributed by atoms with Gasteiger partial charge in [-0.05, 0) is 62.1 Å². The average Bonchev–Trinajstić information content (AvgIpc) is 2.97.